The van der Waals surface area contributed by atoms with Gasteiger partial charge in [0, 0.05) is 17.7 Å². The number of ketones is 1. The summed E-state index contributed by atoms with van der Waals surface area (Å²) in [5.74, 6) is 0.0930. The minimum Gasteiger partial charge on any atom is -0.496 e. The van der Waals surface area contributed by atoms with Crippen LogP contribution in [-0.2, 0) is 4.74 Å². The molecule has 0 heterocycles. The number of ether oxygens (including phenoxy) is 4. The van der Waals surface area contributed by atoms with Crippen molar-refractivity contribution < 1.29 is 28.5 Å². The van der Waals surface area contributed by atoms with Crippen molar-refractivity contribution in [3.63, 3.8) is 0 Å². The van der Waals surface area contributed by atoms with E-state index in [0.717, 1.165) is 11.1 Å². The first-order chi connectivity index (χ1) is 12.8. The van der Waals surface area contributed by atoms with Crippen molar-refractivity contribution in [2.24, 2.45) is 0 Å². The first-order valence-electron chi connectivity index (χ1n) is 8.44. The Labute approximate surface area is 159 Å². The SMILES string of the molecule is COc1cc(OC)c(C(=O)O[C@@H](C)C(=O)c2ccc(C)c(C)c2)cc1OC. The number of hydrogen-bond acceptors (Lipinski definition) is 6. The van der Waals surface area contributed by atoms with Crippen LogP contribution >= 0.6 is 0 Å². The van der Waals surface area contributed by atoms with Gasteiger partial charge < -0.3 is 18.9 Å². The summed E-state index contributed by atoms with van der Waals surface area (Å²) < 4.78 is 21.0. The summed E-state index contributed by atoms with van der Waals surface area (Å²) in [5.41, 5.74) is 2.74. The molecule has 2 rings (SSSR count). The highest BCUT2D eigenvalue weighted by atomic mass is 16.5. The number of carbonyl (C=O) groups is 2. The zero-order valence-electron chi connectivity index (χ0n) is 16.4. The van der Waals surface area contributed by atoms with Gasteiger partial charge in [0.25, 0.3) is 0 Å². The molecule has 0 aromatic heterocycles. The van der Waals surface area contributed by atoms with Crippen LogP contribution in [0.15, 0.2) is 30.3 Å². The second-order valence-corrected chi connectivity index (χ2v) is 6.12. The maximum Gasteiger partial charge on any atom is 0.342 e. The number of methoxy groups -OCH3 is 3. The number of hydrogen-bond donors (Lipinski definition) is 0. The van der Waals surface area contributed by atoms with Crippen molar-refractivity contribution >= 4 is 11.8 Å². The van der Waals surface area contributed by atoms with Crippen LogP contribution < -0.4 is 14.2 Å². The number of Topliss-reactive ketones (excluding diaryl/α,β-unsaturated/α-hetero) is 1. The van der Waals surface area contributed by atoms with Gasteiger partial charge in [0.05, 0.1) is 21.3 Å². The smallest absolute Gasteiger partial charge is 0.342 e. The van der Waals surface area contributed by atoms with Gasteiger partial charge in [-0.1, -0.05) is 12.1 Å². The van der Waals surface area contributed by atoms with Gasteiger partial charge in [-0.15, -0.1) is 0 Å². The third-order valence-corrected chi connectivity index (χ3v) is 4.37. The third-order valence-electron chi connectivity index (χ3n) is 4.37. The quantitative estimate of drug-likeness (QED) is 0.544. The Balaban J connectivity index is 2.25. The number of carbonyl (C=O) groups excluding carboxylic acids is 2. The van der Waals surface area contributed by atoms with Gasteiger partial charge in [0.2, 0.25) is 5.78 Å². The number of esters is 1. The highest BCUT2D eigenvalue weighted by Gasteiger charge is 2.24. The Bertz CT molecular complexity index is 856. The van der Waals surface area contributed by atoms with Crippen molar-refractivity contribution in [3.8, 4) is 17.2 Å². The largest absolute Gasteiger partial charge is 0.496 e. The Hall–Kier alpha value is -3.02. The van der Waals surface area contributed by atoms with Gasteiger partial charge in [-0.25, -0.2) is 4.79 Å². The molecule has 0 unspecified atom stereocenters. The van der Waals surface area contributed by atoms with E-state index in [1.807, 2.05) is 19.9 Å². The lowest BCUT2D eigenvalue weighted by atomic mass is 10.0. The maximum absolute atomic E-state index is 12.6. The molecule has 1 atom stereocenters. The van der Waals surface area contributed by atoms with E-state index < -0.39 is 12.1 Å². The standard InChI is InChI=1S/C21H24O6/c1-12-7-8-15(9-13(12)2)20(22)14(3)27-21(23)16-10-18(25-5)19(26-6)11-17(16)24-4/h7-11,14H,1-6H3/t14-/m0/s1. The number of benzene rings is 2. The van der Waals surface area contributed by atoms with Gasteiger partial charge in [-0.3, -0.25) is 4.79 Å². The van der Waals surface area contributed by atoms with Crippen LogP contribution in [0.3, 0.4) is 0 Å². The molecule has 0 saturated carbocycles. The Morgan fingerprint density at radius 2 is 1.41 bits per heavy atom. The van der Waals surface area contributed by atoms with Gasteiger partial charge in [-0.05, 0) is 38.0 Å². The average molecular weight is 372 g/mol. The van der Waals surface area contributed by atoms with Gasteiger partial charge in [0.1, 0.15) is 11.3 Å². The molecule has 6 heteroatoms. The average Bonchev–Trinajstić information content (AvgIpc) is 2.68. The Morgan fingerprint density at radius 1 is 0.815 bits per heavy atom. The number of aryl methyl sites for hydroxylation is 2. The van der Waals surface area contributed by atoms with Gasteiger partial charge >= 0.3 is 5.97 Å². The normalized spacial score (nSPS) is 11.5. The maximum atomic E-state index is 12.6. The van der Waals surface area contributed by atoms with Crippen molar-refractivity contribution in [2.45, 2.75) is 26.9 Å². The fourth-order valence-electron chi connectivity index (χ4n) is 2.60. The minimum atomic E-state index is -0.947. The van der Waals surface area contributed by atoms with Crippen LogP contribution in [0.1, 0.15) is 38.8 Å². The van der Waals surface area contributed by atoms with Crippen LogP contribution in [0.2, 0.25) is 0 Å². The molecular weight excluding hydrogens is 348 g/mol. The molecule has 0 aliphatic heterocycles. The third kappa shape index (κ3) is 4.39. The first kappa shape index (κ1) is 20.3. The Kier molecular flexibility index (Phi) is 6.45. The zero-order valence-corrected chi connectivity index (χ0v) is 16.4. The van der Waals surface area contributed by atoms with E-state index in [2.05, 4.69) is 0 Å². The second-order valence-electron chi connectivity index (χ2n) is 6.12. The lowest BCUT2D eigenvalue weighted by Crippen LogP contribution is -2.25. The summed E-state index contributed by atoms with van der Waals surface area (Å²) in [6.45, 7) is 5.44. The molecule has 0 fully saturated rings. The molecule has 0 spiro atoms. The van der Waals surface area contributed by atoms with Crippen molar-refractivity contribution in [1.29, 1.82) is 0 Å². The molecular formula is C21H24O6. The number of rotatable bonds is 7. The molecule has 0 saturated heterocycles. The van der Waals surface area contributed by atoms with Crippen LogP contribution in [0.25, 0.3) is 0 Å². The van der Waals surface area contributed by atoms with Crippen LogP contribution in [0.5, 0.6) is 17.2 Å². The van der Waals surface area contributed by atoms with E-state index in [9.17, 15) is 9.59 Å². The van der Waals surface area contributed by atoms with E-state index in [1.54, 1.807) is 19.1 Å². The van der Waals surface area contributed by atoms with E-state index >= 15 is 0 Å². The van der Waals surface area contributed by atoms with Crippen molar-refractivity contribution in [1.82, 2.24) is 0 Å². The predicted octanol–water partition coefficient (Wildman–Crippen LogP) is 3.76. The first-order valence-corrected chi connectivity index (χ1v) is 8.44. The summed E-state index contributed by atoms with van der Waals surface area (Å²) >= 11 is 0. The van der Waals surface area contributed by atoms with Crippen molar-refractivity contribution in [3.05, 3.63) is 52.6 Å². The van der Waals surface area contributed by atoms with E-state index in [4.69, 9.17) is 18.9 Å². The summed E-state index contributed by atoms with van der Waals surface area (Å²) in [6.07, 6.45) is -0.947. The molecule has 0 aliphatic rings. The summed E-state index contributed by atoms with van der Waals surface area (Å²) in [4.78, 5) is 25.2. The molecule has 0 amide bonds. The molecule has 0 radical (unpaired) electrons. The molecule has 2 aromatic rings. The summed E-state index contributed by atoms with van der Waals surface area (Å²) in [5, 5.41) is 0. The fraction of sp³-hybridized carbons (Fsp3) is 0.333. The van der Waals surface area contributed by atoms with E-state index in [-0.39, 0.29) is 17.1 Å². The monoisotopic (exact) mass is 372 g/mol. The van der Waals surface area contributed by atoms with Gasteiger partial charge in [0.15, 0.2) is 17.6 Å². The summed E-state index contributed by atoms with van der Waals surface area (Å²) in [6, 6.07) is 8.39. The Morgan fingerprint density at radius 3 is 1.96 bits per heavy atom. The highest BCUT2D eigenvalue weighted by molar-refractivity contribution is 6.02. The fourth-order valence-corrected chi connectivity index (χ4v) is 2.60. The van der Waals surface area contributed by atoms with Crippen LogP contribution in [-0.4, -0.2) is 39.2 Å². The molecule has 0 N–H and O–H groups in total. The molecule has 144 valence electrons. The zero-order chi connectivity index (χ0) is 20.1. The summed E-state index contributed by atoms with van der Waals surface area (Å²) in [7, 11) is 4.38. The van der Waals surface area contributed by atoms with E-state index in [0.29, 0.717) is 17.1 Å². The minimum absolute atomic E-state index is 0.148. The molecule has 6 nitrogen and oxygen atoms in total. The molecule has 27 heavy (non-hydrogen) atoms. The van der Waals surface area contributed by atoms with Crippen molar-refractivity contribution in [2.75, 3.05) is 21.3 Å². The molecule has 2 aromatic carbocycles. The molecule has 0 bridgehead atoms. The lowest BCUT2D eigenvalue weighted by Gasteiger charge is -2.16. The topological polar surface area (TPSA) is 71.1 Å². The lowest BCUT2D eigenvalue weighted by molar-refractivity contribution is 0.0315. The van der Waals surface area contributed by atoms with Gasteiger partial charge in [-0.2, -0.15) is 0 Å². The van der Waals surface area contributed by atoms with E-state index in [1.165, 1.54) is 33.5 Å². The second kappa shape index (κ2) is 8.58. The molecule has 0 aliphatic carbocycles. The van der Waals surface area contributed by atoms with Crippen LogP contribution in [0, 0.1) is 13.8 Å². The predicted molar refractivity (Wildman–Crippen MR) is 101 cm³/mol. The van der Waals surface area contributed by atoms with Crippen LogP contribution in [0.4, 0.5) is 0 Å². The highest BCUT2D eigenvalue weighted by Crippen LogP contribution is 2.35.